The zero-order chi connectivity index (χ0) is 8.77. The summed E-state index contributed by atoms with van der Waals surface area (Å²) >= 11 is 0. The van der Waals surface area contributed by atoms with E-state index in [0.29, 0.717) is 12.8 Å². The van der Waals surface area contributed by atoms with Crippen molar-refractivity contribution in [1.29, 1.82) is 0 Å². The van der Waals surface area contributed by atoms with Gasteiger partial charge in [-0.15, -0.1) is 0 Å². The molecule has 1 heterocycles. The van der Waals surface area contributed by atoms with E-state index < -0.39 is 11.8 Å². The first-order valence-corrected chi connectivity index (χ1v) is 3.66. The van der Waals surface area contributed by atoms with E-state index in [1.807, 2.05) is 0 Å². The third-order valence-corrected chi connectivity index (χ3v) is 2.24. The number of nitrogen functional groups attached to an aromatic ring is 1. The summed E-state index contributed by atoms with van der Waals surface area (Å²) in [6, 6.07) is 1.37. The minimum atomic E-state index is -2.37. The zero-order valence-electron chi connectivity index (χ0n) is 6.26. The third-order valence-electron chi connectivity index (χ3n) is 2.24. The van der Waals surface area contributed by atoms with Crippen LogP contribution in [0.25, 0.3) is 0 Å². The van der Waals surface area contributed by atoms with Crippen molar-refractivity contribution < 1.29 is 13.3 Å². The van der Waals surface area contributed by atoms with Gasteiger partial charge in [0.05, 0.1) is 11.1 Å². The van der Waals surface area contributed by atoms with Gasteiger partial charge in [-0.2, -0.15) is 0 Å². The predicted octanol–water partition coefficient (Wildman–Crippen LogP) is 1.55. The molecule has 1 aliphatic rings. The lowest BCUT2D eigenvalue weighted by atomic mass is 10.0. The first kappa shape index (κ1) is 7.52. The molecule has 12 heavy (non-hydrogen) atoms. The van der Waals surface area contributed by atoms with Crippen molar-refractivity contribution in [2.24, 2.45) is 0 Å². The number of hydrogen-bond acceptors (Lipinski definition) is 3. The molecule has 2 N–H and O–H groups in total. The number of alkyl halides is 2. The Morgan fingerprint density at radius 2 is 2.25 bits per heavy atom. The van der Waals surface area contributed by atoms with Crippen LogP contribution in [0, 0.1) is 0 Å². The smallest absolute Gasteiger partial charge is 0.249 e. The summed E-state index contributed by atoms with van der Waals surface area (Å²) in [5.41, 5.74) is 4.46. The van der Waals surface area contributed by atoms with Crippen LogP contribution in [0.4, 0.5) is 14.7 Å². The fraction of sp³-hybridized carbons (Fsp3) is 0.571. The summed E-state index contributed by atoms with van der Waals surface area (Å²) in [5.74, 6) is 0.0944. The maximum atomic E-state index is 12.4. The summed E-state index contributed by atoms with van der Waals surface area (Å²) in [6.07, 6.45) is -1.44. The molecule has 0 aliphatic heterocycles. The highest BCUT2D eigenvalue weighted by molar-refractivity contribution is 5.33. The van der Waals surface area contributed by atoms with E-state index in [0.717, 1.165) is 0 Å². The minimum Gasteiger partial charge on any atom is -0.368 e. The number of nitrogens with zero attached hydrogens (tertiary/aromatic N) is 1. The Bertz CT molecular complexity index is 293. The zero-order valence-corrected chi connectivity index (χ0v) is 6.26. The van der Waals surface area contributed by atoms with Crippen LogP contribution >= 0.6 is 0 Å². The molecule has 1 aliphatic carbocycles. The summed E-state index contributed by atoms with van der Waals surface area (Å²) in [7, 11) is 0. The number of anilines is 1. The number of hydrogen-bond donors (Lipinski definition) is 1. The van der Waals surface area contributed by atoms with Gasteiger partial charge in [-0.3, -0.25) is 0 Å². The average Bonchev–Trinajstić information content (AvgIpc) is 2.71. The highest BCUT2D eigenvalue weighted by atomic mass is 19.3. The third kappa shape index (κ3) is 0.888. The van der Waals surface area contributed by atoms with Gasteiger partial charge < -0.3 is 10.3 Å². The SMILES string of the molecule is Nc1cc(C2(C(F)F)CC2)no1. The van der Waals surface area contributed by atoms with Gasteiger partial charge in [-0.05, 0) is 12.8 Å². The second kappa shape index (κ2) is 2.18. The van der Waals surface area contributed by atoms with E-state index in [9.17, 15) is 8.78 Å². The van der Waals surface area contributed by atoms with Crippen molar-refractivity contribution >= 4 is 5.88 Å². The molecule has 3 nitrogen and oxygen atoms in total. The molecule has 0 bridgehead atoms. The van der Waals surface area contributed by atoms with Crippen LogP contribution in [0.2, 0.25) is 0 Å². The Kier molecular flexibility index (Phi) is 1.37. The van der Waals surface area contributed by atoms with Crippen LogP contribution in [0.1, 0.15) is 18.5 Å². The normalized spacial score (nSPS) is 19.9. The van der Waals surface area contributed by atoms with Crippen LogP contribution in [-0.2, 0) is 5.41 Å². The van der Waals surface area contributed by atoms with Gasteiger partial charge in [0.1, 0.15) is 0 Å². The Morgan fingerprint density at radius 1 is 1.58 bits per heavy atom. The lowest BCUT2D eigenvalue weighted by Gasteiger charge is -2.08. The lowest BCUT2D eigenvalue weighted by molar-refractivity contribution is 0.0981. The second-order valence-electron chi connectivity index (χ2n) is 3.07. The topological polar surface area (TPSA) is 52.0 Å². The minimum absolute atomic E-state index is 0.0944. The molecular weight excluding hydrogens is 166 g/mol. The van der Waals surface area contributed by atoms with Gasteiger partial charge in [0, 0.05) is 6.07 Å². The Hall–Kier alpha value is -1.13. The molecule has 0 unspecified atom stereocenters. The lowest BCUT2D eigenvalue weighted by Crippen LogP contribution is -2.17. The molecule has 0 atom stereocenters. The molecular formula is C7H8F2N2O. The molecule has 0 aromatic carbocycles. The highest BCUT2D eigenvalue weighted by Crippen LogP contribution is 2.52. The van der Waals surface area contributed by atoms with Crippen molar-refractivity contribution in [3.05, 3.63) is 11.8 Å². The summed E-state index contributed by atoms with van der Waals surface area (Å²) in [4.78, 5) is 0. The first-order chi connectivity index (χ1) is 5.65. The van der Waals surface area contributed by atoms with E-state index in [2.05, 4.69) is 9.68 Å². The van der Waals surface area contributed by atoms with Crippen molar-refractivity contribution in [3.8, 4) is 0 Å². The monoisotopic (exact) mass is 174 g/mol. The number of rotatable bonds is 2. The molecule has 1 saturated carbocycles. The van der Waals surface area contributed by atoms with Crippen molar-refractivity contribution in [3.63, 3.8) is 0 Å². The van der Waals surface area contributed by atoms with Gasteiger partial charge in [0.2, 0.25) is 12.3 Å². The van der Waals surface area contributed by atoms with E-state index in [4.69, 9.17) is 5.73 Å². The maximum absolute atomic E-state index is 12.4. The summed E-state index contributed by atoms with van der Waals surface area (Å²) in [5, 5.41) is 3.49. The molecule has 1 fully saturated rings. The van der Waals surface area contributed by atoms with Gasteiger partial charge in [-0.1, -0.05) is 5.16 Å². The predicted molar refractivity (Wildman–Crippen MR) is 37.8 cm³/mol. The molecule has 0 saturated heterocycles. The summed E-state index contributed by atoms with van der Waals surface area (Å²) < 4.78 is 29.4. The molecule has 1 aromatic rings. The van der Waals surface area contributed by atoms with E-state index in [-0.39, 0.29) is 11.6 Å². The fourth-order valence-electron chi connectivity index (χ4n) is 1.24. The molecule has 2 rings (SSSR count). The van der Waals surface area contributed by atoms with Gasteiger partial charge in [0.25, 0.3) is 0 Å². The second-order valence-corrected chi connectivity index (χ2v) is 3.07. The van der Waals surface area contributed by atoms with Gasteiger partial charge in [0.15, 0.2) is 0 Å². The Morgan fingerprint density at radius 3 is 2.58 bits per heavy atom. The molecule has 66 valence electrons. The molecule has 0 radical (unpaired) electrons. The number of aromatic nitrogens is 1. The van der Waals surface area contributed by atoms with Crippen molar-refractivity contribution in [2.75, 3.05) is 5.73 Å². The standard InChI is InChI=1S/C7H8F2N2O/c8-6(9)7(1-2-7)4-3-5(10)12-11-4/h3,6H,1-2,10H2. The highest BCUT2D eigenvalue weighted by Gasteiger charge is 2.54. The van der Waals surface area contributed by atoms with E-state index in [1.165, 1.54) is 6.07 Å². The molecule has 1 aromatic heterocycles. The van der Waals surface area contributed by atoms with E-state index in [1.54, 1.807) is 0 Å². The van der Waals surface area contributed by atoms with Crippen LogP contribution in [0.3, 0.4) is 0 Å². The fourth-order valence-corrected chi connectivity index (χ4v) is 1.24. The molecule has 5 heteroatoms. The van der Waals surface area contributed by atoms with Crippen LogP contribution in [-0.4, -0.2) is 11.6 Å². The molecule has 0 amide bonds. The van der Waals surface area contributed by atoms with Gasteiger partial charge >= 0.3 is 0 Å². The van der Waals surface area contributed by atoms with Crippen molar-refractivity contribution in [2.45, 2.75) is 24.7 Å². The van der Waals surface area contributed by atoms with Crippen molar-refractivity contribution in [1.82, 2.24) is 5.16 Å². The van der Waals surface area contributed by atoms with E-state index >= 15 is 0 Å². The average molecular weight is 174 g/mol. The maximum Gasteiger partial charge on any atom is 0.249 e. The summed E-state index contributed by atoms with van der Waals surface area (Å²) in [6.45, 7) is 0. The quantitative estimate of drug-likeness (QED) is 0.740. The van der Waals surface area contributed by atoms with Crippen LogP contribution < -0.4 is 5.73 Å². The largest absolute Gasteiger partial charge is 0.368 e. The first-order valence-electron chi connectivity index (χ1n) is 3.66. The number of halogens is 2. The Balaban J connectivity index is 2.30. The number of nitrogens with two attached hydrogens (primary N) is 1. The molecule has 0 spiro atoms. The Labute approximate surface area is 67.5 Å². The van der Waals surface area contributed by atoms with Crippen LogP contribution in [0.5, 0.6) is 0 Å². The van der Waals surface area contributed by atoms with Crippen LogP contribution in [0.15, 0.2) is 10.6 Å². The van der Waals surface area contributed by atoms with Gasteiger partial charge in [-0.25, -0.2) is 8.78 Å².